The molecule has 3 nitrogen and oxygen atoms in total. The monoisotopic (exact) mass is 379 g/mol. The third kappa shape index (κ3) is 5.48. The molecule has 2 aromatic carbocycles. The zero-order chi connectivity index (χ0) is 21.1. The Morgan fingerprint density at radius 2 is 1.46 bits per heavy atom. The lowest BCUT2D eigenvalue weighted by molar-refractivity contribution is -0.111. The fourth-order valence-electron chi connectivity index (χ4n) is 3.08. The van der Waals surface area contributed by atoms with Gasteiger partial charge in [-0.15, -0.1) is 0 Å². The van der Waals surface area contributed by atoms with Gasteiger partial charge in [0, 0.05) is 22.9 Å². The summed E-state index contributed by atoms with van der Waals surface area (Å²) in [6.07, 6.45) is 4.32. The Morgan fingerprint density at radius 3 is 1.89 bits per heavy atom. The zero-order valence-electron chi connectivity index (χ0n) is 18.2. The first-order valence-electron chi connectivity index (χ1n) is 9.88. The molecule has 2 aromatic rings. The third-order valence-electron chi connectivity index (χ3n) is 4.81. The molecule has 0 atom stereocenters. The van der Waals surface area contributed by atoms with Crippen LogP contribution in [0.5, 0.6) is 5.75 Å². The molecule has 0 bridgehead atoms. The molecule has 28 heavy (non-hydrogen) atoms. The second-order valence-electron chi connectivity index (χ2n) is 9.34. The number of carbonyl (C=O) groups excluding carboxylic acids is 1. The lowest BCUT2D eigenvalue weighted by Gasteiger charge is -2.27. The van der Waals surface area contributed by atoms with Crippen molar-refractivity contribution in [3.8, 4) is 5.75 Å². The molecule has 0 aliphatic carbocycles. The minimum atomic E-state index is -0.197. The number of amides is 1. The minimum Gasteiger partial charge on any atom is -0.507 e. The molecule has 1 amide bonds. The summed E-state index contributed by atoms with van der Waals surface area (Å²) in [5.41, 5.74) is 4.30. The van der Waals surface area contributed by atoms with Crippen LogP contribution in [0.2, 0.25) is 0 Å². The summed E-state index contributed by atoms with van der Waals surface area (Å²) in [4.78, 5) is 12.3. The maximum Gasteiger partial charge on any atom is 0.248 e. The Bertz CT molecular complexity index is 828. The molecule has 0 aromatic heterocycles. The second kappa shape index (κ2) is 8.22. The summed E-state index contributed by atoms with van der Waals surface area (Å²) in [6, 6.07) is 11.8. The van der Waals surface area contributed by atoms with Crippen molar-refractivity contribution in [1.29, 1.82) is 0 Å². The highest BCUT2D eigenvalue weighted by Gasteiger charge is 2.26. The summed E-state index contributed by atoms with van der Waals surface area (Å²) in [5.74, 6) is 0.171. The van der Waals surface area contributed by atoms with Crippen LogP contribution in [0.4, 0.5) is 5.69 Å². The summed E-state index contributed by atoms with van der Waals surface area (Å²) in [7, 11) is 0. The number of hydrogen-bond acceptors (Lipinski definition) is 2. The van der Waals surface area contributed by atoms with Crippen molar-refractivity contribution in [3.05, 3.63) is 64.7 Å². The van der Waals surface area contributed by atoms with Crippen LogP contribution in [0, 0.1) is 0 Å². The highest BCUT2D eigenvalue weighted by molar-refractivity contribution is 6.02. The average molecular weight is 380 g/mol. The molecule has 0 aliphatic heterocycles. The predicted octanol–water partition coefficient (Wildman–Crippen LogP) is 6.20. The van der Waals surface area contributed by atoms with Crippen molar-refractivity contribution >= 4 is 17.7 Å². The van der Waals surface area contributed by atoms with Crippen LogP contribution < -0.4 is 5.32 Å². The normalized spacial score (nSPS) is 12.4. The number of hydrogen-bond donors (Lipinski definition) is 2. The third-order valence-corrected chi connectivity index (χ3v) is 4.81. The molecule has 0 saturated heterocycles. The molecule has 2 N–H and O–H groups in total. The van der Waals surface area contributed by atoms with Crippen LogP contribution >= 0.6 is 0 Å². The number of anilines is 1. The SMILES string of the molecule is CCc1ccc(NC(=O)/C=C\c2cc(C(C)(C)C)c(O)c(C(C)(C)C)c2)cc1. The van der Waals surface area contributed by atoms with E-state index in [9.17, 15) is 9.90 Å². The van der Waals surface area contributed by atoms with E-state index in [-0.39, 0.29) is 16.7 Å². The van der Waals surface area contributed by atoms with Crippen molar-refractivity contribution in [1.82, 2.24) is 0 Å². The van der Waals surface area contributed by atoms with Crippen LogP contribution in [0.15, 0.2) is 42.5 Å². The Kier molecular flexibility index (Phi) is 6.38. The highest BCUT2D eigenvalue weighted by Crippen LogP contribution is 2.40. The van der Waals surface area contributed by atoms with Gasteiger partial charge in [0.2, 0.25) is 5.91 Å². The van der Waals surface area contributed by atoms with E-state index < -0.39 is 0 Å². The molecule has 0 heterocycles. The second-order valence-corrected chi connectivity index (χ2v) is 9.34. The van der Waals surface area contributed by atoms with Gasteiger partial charge in [-0.3, -0.25) is 4.79 Å². The van der Waals surface area contributed by atoms with Gasteiger partial charge in [0.05, 0.1) is 0 Å². The van der Waals surface area contributed by atoms with E-state index in [4.69, 9.17) is 0 Å². The lowest BCUT2D eigenvalue weighted by Crippen LogP contribution is -2.17. The van der Waals surface area contributed by atoms with Gasteiger partial charge < -0.3 is 10.4 Å². The summed E-state index contributed by atoms with van der Waals surface area (Å²) >= 11 is 0. The number of nitrogens with one attached hydrogen (secondary N) is 1. The van der Waals surface area contributed by atoms with E-state index in [0.717, 1.165) is 28.8 Å². The molecular weight excluding hydrogens is 346 g/mol. The van der Waals surface area contributed by atoms with Crippen LogP contribution in [-0.2, 0) is 22.0 Å². The molecule has 0 saturated carbocycles. The number of benzene rings is 2. The largest absolute Gasteiger partial charge is 0.507 e. The highest BCUT2D eigenvalue weighted by atomic mass is 16.3. The Balaban J connectivity index is 2.29. The van der Waals surface area contributed by atoms with Crippen LogP contribution in [0.3, 0.4) is 0 Å². The number of phenols is 1. The first kappa shape index (κ1) is 21.7. The van der Waals surface area contributed by atoms with E-state index in [0.29, 0.717) is 5.75 Å². The van der Waals surface area contributed by atoms with Gasteiger partial charge in [-0.05, 0) is 58.7 Å². The summed E-state index contributed by atoms with van der Waals surface area (Å²) in [5, 5.41) is 13.7. The molecule has 150 valence electrons. The van der Waals surface area contributed by atoms with Gasteiger partial charge in [-0.2, -0.15) is 0 Å². The van der Waals surface area contributed by atoms with Gasteiger partial charge in [0.1, 0.15) is 5.75 Å². The summed E-state index contributed by atoms with van der Waals surface area (Å²) < 4.78 is 0. The quantitative estimate of drug-likeness (QED) is 0.621. The van der Waals surface area contributed by atoms with E-state index in [1.54, 1.807) is 12.2 Å². The van der Waals surface area contributed by atoms with Crippen molar-refractivity contribution in [2.45, 2.75) is 65.7 Å². The average Bonchev–Trinajstić information content (AvgIpc) is 2.59. The maximum atomic E-state index is 12.3. The Morgan fingerprint density at radius 1 is 0.964 bits per heavy atom. The van der Waals surface area contributed by atoms with Crippen LogP contribution in [0.1, 0.15) is 70.7 Å². The summed E-state index contributed by atoms with van der Waals surface area (Å²) in [6.45, 7) is 14.6. The van der Waals surface area contributed by atoms with Crippen molar-refractivity contribution in [2.24, 2.45) is 0 Å². The van der Waals surface area contributed by atoms with Gasteiger partial charge in [0.25, 0.3) is 0 Å². The van der Waals surface area contributed by atoms with Gasteiger partial charge in [0.15, 0.2) is 0 Å². The predicted molar refractivity (Wildman–Crippen MR) is 119 cm³/mol. The van der Waals surface area contributed by atoms with Crippen LogP contribution in [-0.4, -0.2) is 11.0 Å². The topological polar surface area (TPSA) is 49.3 Å². The fraction of sp³-hybridized carbons (Fsp3) is 0.400. The fourth-order valence-corrected chi connectivity index (χ4v) is 3.08. The molecule has 3 heteroatoms. The van der Waals surface area contributed by atoms with Gasteiger partial charge in [-0.25, -0.2) is 0 Å². The molecule has 0 radical (unpaired) electrons. The first-order chi connectivity index (χ1) is 12.9. The van der Waals surface area contributed by atoms with Gasteiger partial charge >= 0.3 is 0 Å². The molecule has 0 fully saturated rings. The van der Waals surface area contributed by atoms with E-state index in [2.05, 4.69) is 53.8 Å². The minimum absolute atomic E-state index is 0.174. The number of rotatable bonds is 4. The van der Waals surface area contributed by atoms with E-state index >= 15 is 0 Å². The standard InChI is InChI=1S/C25H33NO2/c1-8-17-9-12-19(13-10-17)26-22(27)14-11-18-15-20(24(2,3)4)23(28)21(16-18)25(5,6)7/h9-16,28H,8H2,1-7H3,(H,26,27)/b14-11-. The molecule has 0 spiro atoms. The van der Waals surface area contributed by atoms with Crippen molar-refractivity contribution < 1.29 is 9.90 Å². The molecule has 2 rings (SSSR count). The van der Waals surface area contributed by atoms with Crippen LogP contribution in [0.25, 0.3) is 6.08 Å². The number of aryl methyl sites for hydroxylation is 1. The maximum absolute atomic E-state index is 12.3. The van der Waals surface area contributed by atoms with E-state index in [1.807, 2.05) is 36.4 Å². The zero-order valence-corrected chi connectivity index (χ0v) is 18.2. The number of carbonyl (C=O) groups is 1. The lowest BCUT2D eigenvalue weighted by atomic mass is 9.78. The molecular formula is C25H33NO2. The van der Waals surface area contributed by atoms with Crippen molar-refractivity contribution in [2.75, 3.05) is 5.32 Å². The van der Waals surface area contributed by atoms with Crippen molar-refractivity contribution in [3.63, 3.8) is 0 Å². The first-order valence-corrected chi connectivity index (χ1v) is 9.88. The molecule has 0 unspecified atom stereocenters. The van der Waals surface area contributed by atoms with E-state index in [1.165, 1.54) is 5.56 Å². The molecule has 0 aliphatic rings. The Labute approximate surface area is 169 Å². The van der Waals surface area contributed by atoms with Gasteiger partial charge in [-0.1, -0.05) is 60.6 Å². The number of aromatic hydroxyl groups is 1. The number of phenolic OH excluding ortho intramolecular Hbond substituents is 1. The smallest absolute Gasteiger partial charge is 0.248 e. The Hall–Kier alpha value is -2.55.